The van der Waals surface area contributed by atoms with Gasteiger partial charge in [0.15, 0.2) is 0 Å². The highest BCUT2D eigenvalue weighted by Gasteiger charge is 2.26. The molecule has 0 saturated heterocycles. The molecule has 0 amide bonds. The normalized spacial score (nSPS) is 18.7. The van der Waals surface area contributed by atoms with Crippen LogP contribution in [0.15, 0.2) is 24.5 Å². The van der Waals surface area contributed by atoms with Crippen LogP contribution in [0.1, 0.15) is 44.1 Å². The lowest BCUT2D eigenvalue weighted by atomic mass is 9.80. The molecule has 0 atom stereocenters. The Morgan fingerprint density at radius 3 is 2.53 bits per heavy atom. The van der Waals surface area contributed by atoms with Crippen LogP contribution in [0, 0.1) is 0 Å². The van der Waals surface area contributed by atoms with Crippen molar-refractivity contribution in [2.75, 3.05) is 20.1 Å². The third kappa shape index (κ3) is 4.92. The van der Waals surface area contributed by atoms with Crippen molar-refractivity contribution in [2.45, 2.75) is 50.5 Å². The number of hydrogen-bond donors (Lipinski definition) is 1. The molecule has 0 unspecified atom stereocenters. The minimum absolute atomic E-state index is 0.114. The molecule has 2 N–H and O–H groups in total. The Kier molecular flexibility index (Phi) is 5.34. The SMILES string of the molecule is CN(CCc1ccncc1)CCC1(N)CCCCC1. The largest absolute Gasteiger partial charge is 0.325 e. The van der Waals surface area contributed by atoms with Crippen molar-refractivity contribution in [2.24, 2.45) is 5.73 Å². The van der Waals surface area contributed by atoms with Crippen molar-refractivity contribution in [3.63, 3.8) is 0 Å². The van der Waals surface area contributed by atoms with Crippen molar-refractivity contribution >= 4 is 0 Å². The number of rotatable bonds is 6. The van der Waals surface area contributed by atoms with E-state index in [1.165, 1.54) is 37.7 Å². The van der Waals surface area contributed by atoms with Crippen molar-refractivity contribution in [1.82, 2.24) is 9.88 Å². The van der Waals surface area contributed by atoms with Gasteiger partial charge >= 0.3 is 0 Å². The standard InChI is InChI=1S/C16H27N3/c1-19(13-7-15-5-11-18-12-6-15)14-10-16(17)8-3-2-4-9-16/h5-6,11-12H,2-4,7-10,13-14,17H2,1H3. The molecular formula is C16H27N3. The summed E-state index contributed by atoms with van der Waals surface area (Å²) in [6, 6.07) is 4.19. The van der Waals surface area contributed by atoms with Gasteiger partial charge in [-0.05, 0) is 57.0 Å². The maximum absolute atomic E-state index is 6.48. The second-order valence-corrected chi connectivity index (χ2v) is 6.08. The molecule has 0 spiro atoms. The smallest absolute Gasteiger partial charge is 0.0270 e. The fraction of sp³-hybridized carbons (Fsp3) is 0.688. The summed E-state index contributed by atoms with van der Waals surface area (Å²) in [5.74, 6) is 0. The van der Waals surface area contributed by atoms with Gasteiger partial charge in [0.1, 0.15) is 0 Å². The van der Waals surface area contributed by atoms with E-state index in [4.69, 9.17) is 5.73 Å². The lowest BCUT2D eigenvalue weighted by Gasteiger charge is -2.34. The summed E-state index contributed by atoms with van der Waals surface area (Å²) in [6.07, 6.45) is 12.4. The summed E-state index contributed by atoms with van der Waals surface area (Å²) < 4.78 is 0. The van der Waals surface area contributed by atoms with E-state index in [2.05, 4.69) is 29.1 Å². The Morgan fingerprint density at radius 1 is 1.16 bits per heavy atom. The second kappa shape index (κ2) is 7.01. The molecule has 1 aliphatic carbocycles. The average Bonchev–Trinajstić information content (AvgIpc) is 2.45. The summed E-state index contributed by atoms with van der Waals surface area (Å²) >= 11 is 0. The van der Waals surface area contributed by atoms with Gasteiger partial charge in [0.05, 0.1) is 0 Å². The Balaban J connectivity index is 1.68. The van der Waals surface area contributed by atoms with Gasteiger partial charge in [-0.3, -0.25) is 4.98 Å². The molecular weight excluding hydrogens is 234 g/mol. The van der Waals surface area contributed by atoms with E-state index < -0.39 is 0 Å². The third-order valence-electron chi connectivity index (χ3n) is 4.37. The monoisotopic (exact) mass is 261 g/mol. The third-order valence-corrected chi connectivity index (χ3v) is 4.37. The predicted octanol–water partition coefficient (Wildman–Crippen LogP) is 2.61. The molecule has 19 heavy (non-hydrogen) atoms. The number of nitrogens with two attached hydrogens (primary N) is 1. The fourth-order valence-corrected chi connectivity index (χ4v) is 2.90. The van der Waals surface area contributed by atoms with Crippen LogP contribution in [0.25, 0.3) is 0 Å². The Morgan fingerprint density at radius 2 is 1.84 bits per heavy atom. The molecule has 1 aliphatic rings. The minimum atomic E-state index is 0.114. The summed E-state index contributed by atoms with van der Waals surface area (Å²) in [7, 11) is 2.20. The van der Waals surface area contributed by atoms with Crippen LogP contribution < -0.4 is 5.73 Å². The summed E-state index contributed by atoms with van der Waals surface area (Å²) in [4.78, 5) is 6.46. The second-order valence-electron chi connectivity index (χ2n) is 6.08. The molecule has 2 rings (SSSR count). The first-order chi connectivity index (χ1) is 9.18. The van der Waals surface area contributed by atoms with Gasteiger partial charge in [-0.25, -0.2) is 0 Å². The summed E-state index contributed by atoms with van der Waals surface area (Å²) in [5, 5.41) is 0. The van der Waals surface area contributed by atoms with E-state index >= 15 is 0 Å². The quantitative estimate of drug-likeness (QED) is 0.856. The maximum atomic E-state index is 6.48. The van der Waals surface area contributed by atoms with Crippen LogP contribution in [0.3, 0.4) is 0 Å². The molecule has 3 nitrogen and oxygen atoms in total. The first kappa shape index (κ1) is 14.5. The van der Waals surface area contributed by atoms with Gasteiger partial charge in [-0.15, -0.1) is 0 Å². The lowest BCUT2D eigenvalue weighted by Crippen LogP contribution is -2.44. The van der Waals surface area contributed by atoms with Gasteiger partial charge in [-0.2, -0.15) is 0 Å². The molecule has 1 heterocycles. The highest BCUT2D eigenvalue weighted by molar-refractivity contribution is 5.09. The Labute approximate surface area is 117 Å². The van der Waals surface area contributed by atoms with Crippen LogP contribution in [-0.4, -0.2) is 35.6 Å². The molecule has 0 bridgehead atoms. The molecule has 1 aromatic rings. The molecule has 1 fully saturated rings. The first-order valence-electron chi connectivity index (χ1n) is 7.54. The van der Waals surface area contributed by atoms with Crippen molar-refractivity contribution in [3.05, 3.63) is 30.1 Å². The van der Waals surface area contributed by atoms with E-state index in [0.717, 1.165) is 25.9 Å². The minimum Gasteiger partial charge on any atom is -0.325 e. The Hall–Kier alpha value is -0.930. The van der Waals surface area contributed by atoms with Crippen LogP contribution in [0.2, 0.25) is 0 Å². The number of nitrogens with zero attached hydrogens (tertiary/aromatic N) is 2. The first-order valence-corrected chi connectivity index (χ1v) is 7.54. The van der Waals surface area contributed by atoms with Gasteiger partial charge in [0.25, 0.3) is 0 Å². The average molecular weight is 261 g/mol. The van der Waals surface area contributed by atoms with Crippen LogP contribution in [0.4, 0.5) is 0 Å². The van der Waals surface area contributed by atoms with Gasteiger partial charge in [0, 0.05) is 24.5 Å². The highest BCUT2D eigenvalue weighted by Crippen LogP contribution is 2.28. The molecule has 106 valence electrons. The predicted molar refractivity (Wildman–Crippen MR) is 80.1 cm³/mol. The lowest BCUT2D eigenvalue weighted by molar-refractivity contribution is 0.231. The number of aromatic nitrogens is 1. The van der Waals surface area contributed by atoms with Crippen LogP contribution in [0.5, 0.6) is 0 Å². The van der Waals surface area contributed by atoms with Crippen molar-refractivity contribution in [1.29, 1.82) is 0 Å². The zero-order valence-corrected chi connectivity index (χ0v) is 12.1. The van der Waals surface area contributed by atoms with E-state index in [1.54, 1.807) is 0 Å². The van der Waals surface area contributed by atoms with Gasteiger partial charge in [-0.1, -0.05) is 19.3 Å². The van der Waals surface area contributed by atoms with Crippen molar-refractivity contribution in [3.8, 4) is 0 Å². The zero-order valence-electron chi connectivity index (χ0n) is 12.1. The number of hydrogen-bond acceptors (Lipinski definition) is 3. The van der Waals surface area contributed by atoms with Gasteiger partial charge < -0.3 is 10.6 Å². The molecule has 0 aliphatic heterocycles. The van der Waals surface area contributed by atoms with E-state index in [1.807, 2.05) is 12.4 Å². The topological polar surface area (TPSA) is 42.2 Å². The van der Waals surface area contributed by atoms with Crippen molar-refractivity contribution < 1.29 is 0 Å². The van der Waals surface area contributed by atoms with Crippen LogP contribution in [-0.2, 0) is 6.42 Å². The zero-order chi connectivity index (χ0) is 13.6. The van der Waals surface area contributed by atoms with E-state index in [9.17, 15) is 0 Å². The summed E-state index contributed by atoms with van der Waals surface area (Å²) in [5.41, 5.74) is 7.96. The molecule has 1 aromatic heterocycles. The maximum Gasteiger partial charge on any atom is 0.0270 e. The molecule has 0 radical (unpaired) electrons. The van der Waals surface area contributed by atoms with Gasteiger partial charge in [0.2, 0.25) is 0 Å². The molecule has 3 heteroatoms. The highest BCUT2D eigenvalue weighted by atomic mass is 15.1. The number of pyridine rings is 1. The number of likely N-dealkylation sites (N-methyl/N-ethyl adjacent to an activating group) is 1. The Bertz CT molecular complexity index is 358. The van der Waals surface area contributed by atoms with E-state index in [-0.39, 0.29) is 5.54 Å². The van der Waals surface area contributed by atoms with Crippen LogP contribution >= 0.6 is 0 Å². The van der Waals surface area contributed by atoms with E-state index in [0.29, 0.717) is 0 Å². The molecule has 0 aromatic carbocycles. The summed E-state index contributed by atoms with van der Waals surface area (Å²) in [6.45, 7) is 2.21. The molecule has 1 saturated carbocycles. The fourth-order valence-electron chi connectivity index (χ4n) is 2.90.